The maximum absolute atomic E-state index is 5.81. The first-order valence-electron chi connectivity index (χ1n) is 5.90. The van der Waals surface area contributed by atoms with Gasteiger partial charge in [0.05, 0.1) is 19.8 Å². The maximum Gasteiger partial charge on any atom is 0.0594 e. The Morgan fingerprint density at radius 1 is 1.24 bits per heavy atom. The number of benzene rings is 1. The first kappa shape index (κ1) is 12.6. The molecule has 0 N–H and O–H groups in total. The number of hydrogen-bond acceptors (Lipinski definition) is 3. The molecule has 0 saturated carbocycles. The molecule has 1 heterocycles. The molecule has 0 spiro atoms. The molecule has 1 aliphatic rings. The highest BCUT2D eigenvalue weighted by Crippen LogP contribution is 2.07. The lowest BCUT2D eigenvalue weighted by atomic mass is 10.2. The van der Waals surface area contributed by atoms with Crippen LogP contribution in [0.4, 0.5) is 0 Å². The van der Waals surface area contributed by atoms with Crippen molar-refractivity contribution in [3.05, 3.63) is 34.9 Å². The molecular weight excluding hydrogens is 236 g/mol. The summed E-state index contributed by atoms with van der Waals surface area (Å²) in [5, 5.41) is 0.760. The van der Waals surface area contributed by atoms with Crippen LogP contribution in [0.15, 0.2) is 29.3 Å². The van der Waals surface area contributed by atoms with Crippen LogP contribution in [0.2, 0.25) is 5.02 Å². The van der Waals surface area contributed by atoms with E-state index >= 15 is 0 Å². The summed E-state index contributed by atoms with van der Waals surface area (Å²) in [6.45, 7) is 5.59. The van der Waals surface area contributed by atoms with Gasteiger partial charge in [0.1, 0.15) is 0 Å². The van der Waals surface area contributed by atoms with Gasteiger partial charge >= 0.3 is 0 Å². The monoisotopic (exact) mass is 252 g/mol. The van der Waals surface area contributed by atoms with Crippen molar-refractivity contribution in [3.63, 3.8) is 0 Å². The highest BCUT2D eigenvalue weighted by Gasteiger charge is 2.08. The maximum atomic E-state index is 5.81. The van der Waals surface area contributed by atoms with Crippen molar-refractivity contribution in [3.8, 4) is 0 Å². The minimum absolute atomic E-state index is 0.760. The lowest BCUT2D eigenvalue weighted by molar-refractivity contribution is 0.0395. The number of aliphatic imine (C=N–C) groups is 1. The highest BCUT2D eigenvalue weighted by atomic mass is 35.5. The Morgan fingerprint density at radius 2 is 1.94 bits per heavy atom. The van der Waals surface area contributed by atoms with Gasteiger partial charge in [0.15, 0.2) is 0 Å². The summed E-state index contributed by atoms with van der Waals surface area (Å²) in [5.74, 6) is 0. The quantitative estimate of drug-likeness (QED) is 0.767. The molecule has 1 aliphatic heterocycles. The van der Waals surface area contributed by atoms with Crippen molar-refractivity contribution in [1.29, 1.82) is 0 Å². The molecule has 3 nitrogen and oxygen atoms in total. The average molecular weight is 253 g/mol. The zero-order valence-corrected chi connectivity index (χ0v) is 10.6. The molecule has 0 radical (unpaired) electrons. The van der Waals surface area contributed by atoms with Crippen molar-refractivity contribution >= 4 is 17.8 Å². The average Bonchev–Trinajstić information content (AvgIpc) is 2.38. The summed E-state index contributed by atoms with van der Waals surface area (Å²) < 4.78 is 5.29. The van der Waals surface area contributed by atoms with Crippen LogP contribution >= 0.6 is 11.6 Å². The van der Waals surface area contributed by atoms with Crippen LogP contribution in [0.25, 0.3) is 0 Å². The minimum Gasteiger partial charge on any atom is -0.379 e. The molecule has 2 rings (SSSR count). The second-order valence-electron chi connectivity index (χ2n) is 4.04. The van der Waals surface area contributed by atoms with E-state index in [2.05, 4.69) is 9.89 Å². The van der Waals surface area contributed by atoms with Gasteiger partial charge in [-0.1, -0.05) is 23.7 Å². The standard InChI is InChI=1S/C13H17ClN2O/c14-13-3-1-12(2-4-13)11-15-5-6-16-7-9-17-10-8-16/h1-4,11H,5-10H2. The Bertz CT molecular complexity index is 358. The molecule has 1 saturated heterocycles. The van der Waals surface area contributed by atoms with Gasteiger partial charge in [0, 0.05) is 30.9 Å². The van der Waals surface area contributed by atoms with E-state index in [0.717, 1.165) is 50.0 Å². The number of halogens is 1. The van der Waals surface area contributed by atoms with Crippen LogP contribution in [-0.4, -0.2) is 50.5 Å². The van der Waals surface area contributed by atoms with Crippen LogP contribution in [0.1, 0.15) is 5.56 Å². The van der Waals surface area contributed by atoms with E-state index in [9.17, 15) is 0 Å². The lowest BCUT2D eigenvalue weighted by Gasteiger charge is -2.25. The molecule has 1 aromatic rings. The summed E-state index contributed by atoms with van der Waals surface area (Å²) in [5.41, 5.74) is 1.09. The van der Waals surface area contributed by atoms with Gasteiger partial charge in [-0.25, -0.2) is 0 Å². The topological polar surface area (TPSA) is 24.8 Å². The Morgan fingerprint density at radius 3 is 2.65 bits per heavy atom. The van der Waals surface area contributed by atoms with Crippen molar-refractivity contribution in [1.82, 2.24) is 4.90 Å². The van der Waals surface area contributed by atoms with E-state index in [-0.39, 0.29) is 0 Å². The molecule has 0 aliphatic carbocycles. The van der Waals surface area contributed by atoms with Gasteiger partial charge in [0.2, 0.25) is 0 Å². The summed E-state index contributed by atoms with van der Waals surface area (Å²) in [7, 11) is 0. The lowest BCUT2D eigenvalue weighted by Crippen LogP contribution is -2.37. The summed E-state index contributed by atoms with van der Waals surface area (Å²) in [4.78, 5) is 6.79. The van der Waals surface area contributed by atoms with Crippen LogP contribution < -0.4 is 0 Å². The molecule has 0 bridgehead atoms. The third-order valence-electron chi connectivity index (χ3n) is 2.76. The Labute approximate surface area is 107 Å². The minimum atomic E-state index is 0.760. The second kappa shape index (κ2) is 6.74. The number of nitrogens with zero attached hydrogens (tertiary/aromatic N) is 2. The fraction of sp³-hybridized carbons (Fsp3) is 0.462. The fourth-order valence-corrected chi connectivity index (χ4v) is 1.87. The first-order chi connectivity index (χ1) is 8.34. The molecule has 0 aromatic heterocycles. The van der Waals surface area contributed by atoms with E-state index in [0.29, 0.717) is 0 Å². The summed E-state index contributed by atoms with van der Waals surface area (Å²) >= 11 is 5.81. The van der Waals surface area contributed by atoms with Crippen LogP contribution in [0.5, 0.6) is 0 Å². The first-order valence-corrected chi connectivity index (χ1v) is 6.28. The van der Waals surface area contributed by atoms with Crippen molar-refractivity contribution in [2.75, 3.05) is 39.4 Å². The Hall–Kier alpha value is -0.900. The van der Waals surface area contributed by atoms with Crippen LogP contribution in [0, 0.1) is 0 Å². The van der Waals surface area contributed by atoms with Crippen molar-refractivity contribution in [2.24, 2.45) is 4.99 Å². The van der Waals surface area contributed by atoms with E-state index in [1.54, 1.807) is 0 Å². The van der Waals surface area contributed by atoms with E-state index in [4.69, 9.17) is 16.3 Å². The van der Waals surface area contributed by atoms with Crippen LogP contribution in [0.3, 0.4) is 0 Å². The Kier molecular flexibility index (Phi) is 4.98. The molecular formula is C13H17ClN2O. The SMILES string of the molecule is Clc1ccc(C=NCCN2CCOCC2)cc1. The van der Waals surface area contributed by atoms with Crippen molar-refractivity contribution in [2.45, 2.75) is 0 Å². The fourth-order valence-electron chi connectivity index (χ4n) is 1.74. The number of rotatable bonds is 4. The normalized spacial score (nSPS) is 17.7. The molecule has 0 unspecified atom stereocenters. The van der Waals surface area contributed by atoms with E-state index < -0.39 is 0 Å². The second-order valence-corrected chi connectivity index (χ2v) is 4.48. The number of ether oxygens (including phenoxy) is 1. The van der Waals surface area contributed by atoms with Crippen molar-refractivity contribution < 1.29 is 4.74 Å². The Balaban J connectivity index is 1.72. The number of hydrogen-bond donors (Lipinski definition) is 0. The smallest absolute Gasteiger partial charge is 0.0594 e. The third kappa shape index (κ3) is 4.46. The van der Waals surface area contributed by atoms with Gasteiger partial charge in [-0.15, -0.1) is 0 Å². The third-order valence-corrected chi connectivity index (χ3v) is 3.01. The zero-order valence-electron chi connectivity index (χ0n) is 9.81. The molecule has 0 amide bonds. The van der Waals surface area contributed by atoms with E-state index in [1.807, 2.05) is 30.5 Å². The molecule has 4 heteroatoms. The van der Waals surface area contributed by atoms with Gasteiger partial charge in [-0.3, -0.25) is 9.89 Å². The van der Waals surface area contributed by atoms with Gasteiger partial charge in [0.25, 0.3) is 0 Å². The van der Waals surface area contributed by atoms with Crippen LogP contribution in [-0.2, 0) is 4.74 Å². The molecule has 0 atom stereocenters. The number of morpholine rings is 1. The highest BCUT2D eigenvalue weighted by molar-refractivity contribution is 6.30. The predicted molar refractivity (Wildman–Crippen MR) is 71.2 cm³/mol. The largest absolute Gasteiger partial charge is 0.379 e. The predicted octanol–water partition coefficient (Wildman–Crippen LogP) is 2.09. The van der Waals surface area contributed by atoms with Gasteiger partial charge in [-0.2, -0.15) is 0 Å². The summed E-state index contributed by atoms with van der Waals surface area (Å²) in [6.07, 6.45) is 1.90. The van der Waals surface area contributed by atoms with Gasteiger partial charge in [-0.05, 0) is 17.7 Å². The molecule has 1 aromatic carbocycles. The van der Waals surface area contributed by atoms with E-state index in [1.165, 1.54) is 0 Å². The molecule has 1 fully saturated rings. The van der Waals surface area contributed by atoms with Gasteiger partial charge < -0.3 is 4.74 Å². The molecule has 92 valence electrons. The zero-order chi connectivity index (χ0) is 11.9. The summed E-state index contributed by atoms with van der Waals surface area (Å²) in [6, 6.07) is 7.71. The molecule has 17 heavy (non-hydrogen) atoms.